The van der Waals surface area contributed by atoms with Gasteiger partial charge >= 0.3 is 0 Å². The summed E-state index contributed by atoms with van der Waals surface area (Å²) in [4.78, 5) is 16.6. The molecule has 92 valence electrons. The van der Waals surface area contributed by atoms with E-state index in [1.165, 1.54) is 18.3 Å². The van der Waals surface area contributed by atoms with E-state index in [2.05, 4.69) is 29.0 Å². The van der Waals surface area contributed by atoms with Crippen LogP contribution in [-0.2, 0) is 0 Å². The molecule has 6 heteroatoms. The first-order valence-corrected chi connectivity index (χ1v) is 5.67. The molecule has 0 amide bonds. The van der Waals surface area contributed by atoms with E-state index in [0.717, 1.165) is 13.1 Å². The number of aromatic nitrogens is 1. The highest BCUT2D eigenvalue weighted by atomic mass is 16.6. The Balaban J connectivity index is 2.21. The first kappa shape index (κ1) is 11.8. The van der Waals surface area contributed by atoms with Gasteiger partial charge in [-0.3, -0.25) is 10.1 Å². The maximum absolute atomic E-state index is 10.7. The first-order valence-electron chi connectivity index (χ1n) is 5.67. The highest BCUT2D eigenvalue weighted by molar-refractivity contribution is 5.47. The minimum atomic E-state index is -0.389. The van der Waals surface area contributed by atoms with Gasteiger partial charge in [0, 0.05) is 37.4 Å². The summed E-state index contributed by atoms with van der Waals surface area (Å²) in [5.41, 5.74) is 0.0915. The molecule has 1 N–H and O–H groups in total. The summed E-state index contributed by atoms with van der Waals surface area (Å²) in [6.07, 6.45) is 1.49. The Morgan fingerprint density at radius 3 is 2.71 bits per heavy atom. The van der Waals surface area contributed by atoms with E-state index in [9.17, 15) is 10.1 Å². The standard InChI is InChI=1S/C11H16N4O2/c1-8-6-14(7-9(2)13-8)11-5-10(15(16)17)3-4-12-11/h3-5,8-9,13H,6-7H2,1-2H3. The minimum Gasteiger partial charge on any atom is -0.353 e. The Morgan fingerprint density at radius 1 is 1.47 bits per heavy atom. The molecule has 0 saturated carbocycles. The number of hydrogen-bond donors (Lipinski definition) is 1. The van der Waals surface area contributed by atoms with Gasteiger partial charge in [0.1, 0.15) is 5.82 Å². The molecule has 0 aliphatic carbocycles. The highest BCUT2D eigenvalue weighted by Gasteiger charge is 2.22. The van der Waals surface area contributed by atoms with E-state index < -0.39 is 0 Å². The molecule has 2 unspecified atom stereocenters. The second-order valence-corrected chi connectivity index (χ2v) is 4.50. The van der Waals surface area contributed by atoms with Gasteiger partial charge in [-0.2, -0.15) is 0 Å². The monoisotopic (exact) mass is 236 g/mol. The molecule has 1 aliphatic rings. The number of nitro groups is 1. The van der Waals surface area contributed by atoms with Gasteiger partial charge in [0.15, 0.2) is 0 Å². The Bertz CT molecular complexity index is 414. The normalized spacial score (nSPS) is 24.7. The largest absolute Gasteiger partial charge is 0.353 e. The topological polar surface area (TPSA) is 71.3 Å². The van der Waals surface area contributed by atoms with E-state index in [1.807, 2.05) is 0 Å². The van der Waals surface area contributed by atoms with Crippen LogP contribution in [-0.4, -0.2) is 35.1 Å². The Morgan fingerprint density at radius 2 is 2.12 bits per heavy atom. The first-order chi connectivity index (χ1) is 8.06. The lowest BCUT2D eigenvalue weighted by Crippen LogP contribution is -2.54. The number of nitrogens with zero attached hydrogens (tertiary/aromatic N) is 3. The SMILES string of the molecule is CC1CN(c2cc([N+](=O)[O-])ccn2)CC(C)N1. The molecule has 1 aliphatic heterocycles. The van der Waals surface area contributed by atoms with Gasteiger partial charge in [0.25, 0.3) is 5.69 Å². The van der Waals surface area contributed by atoms with Crippen LogP contribution in [0.15, 0.2) is 18.3 Å². The minimum absolute atomic E-state index is 0.0915. The smallest absolute Gasteiger partial charge is 0.274 e. The van der Waals surface area contributed by atoms with Crippen molar-refractivity contribution in [3.63, 3.8) is 0 Å². The average molecular weight is 236 g/mol. The lowest BCUT2D eigenvalue weighted by molar-refractivity contribution is -0.384. The molecule has 1 aromatic heterocycles. The van der Waals surface area contributed by atoms with Crippen LogP contribution in [0.5, 0.6) is 0 Å². The lowest BCUT2D eigenvalue weighted by Gasteiger charge is -2.36. The summed E-state index contributed by atoms with van der Waals surface area (Å²) in [6.45, 7) is 5.83. The number of rotatable bonds is 2. The Hall–Kier alpha value is -1.69. The molecule has 2 atom stereocenters. The Labute approximate surface area is 99.8 Å². The third kappa shape index (κ3) is 2.71. The van der Waals surface area contributed by atoms with Crippen molar-refractivity contribution in [1.82, 2.24) is 10.3 Å². The fraction of sp³-hybridized carbons (Fsp3) is 0.545. The van der Waals surface area contributed by atoms with Crippen LogP contribution in [0, 0.1) is 10.1 Å². The molecule has 17 heavy (non-hydrogen) atoms. The number of piperazine rings is 1. The van der Waals surface area contributed by atoms with Crippen molar-refractivity contribution in [2.75, 3.05) is 18.0 Å². The molecule has 0 spiro atoms. The molecule has 0 aromatic carbocycles. The van der Waals surface area contributed by atoms with Crippen molar-refractivity contribution in [2.24, 2.45) is 0 Å². The van der Waals surface area contributed by atoms with Crippen LogP contribution in [0.4, 0.5) is 11.5 Å². The van der Waals surface area contributed by atoms with Gasteiger partial charge in [0.2, 0.25) is 0 Å². The summed E-state index contributed by atoms with van der Waals surface area (Å²) in [5, 5.41) is 14.1. The van der Waals surface area contributed by atoms with Crippen molar-refractivity contribution < 1.29 is 4.92 Å². The summed E-state index contributed by atoms with van der Waals surface area (Å²) >= 11 is 0. The van der Waals surface area contributed by atoms with E-state index in [1.54, 1.807) is 0 Å². The average Bonchev–Trinajstić information content (AvgIpc) is 2.28. The summed E-state index contributed by atoms with van der Waals surface area (Å²) < 4.78 is 0. The van der Waals surface area contributed by atoms with Gasteiger partial charge in [-0.1, -0.05) is 0 Å². The van der Waals surface area contributed by atoms with E-state index >= 15 is 0 Å². The van der Waals surface area contributed by atoms with E-state index in [4.69, 9.17) is 0 Å². The fourth-order valence-corrected chi connectivity index (χ4v) is 2.21. The van der Waals surface area contributed by atoms with E-state index in [-0.39, 0.29) is 10.6 Å². The molecule has 1 saturated heterocycles. The van der Waals surface area contributed by atoms with Crippen LogP contribution in [0.1, 0.15) is 13.8 Å². The zero-order valence-corrected chi connectivity index (χ0v) is 9.96. The van der Waals surface area contributed by atoms with Gasteiger partial charge in [-0.15, -0.1) is 0 Å². The molecule has 2 heterocycles. The van der Waals surface area contributed by atoms with Gasteiger partial charge in [0.05, 0.1) is 11.0 Å². The highest BCUT2D eigenvalue weighted by Crippen LogP contribution is 2.20. The summed E-state index contributed by atoms with van der Waals surface area (Å²) in [7, 11) is 0. The van der Waals surface area contributed by atoms with Gasteiger partial charge in [-0.05, 0) is 13.8 Å². The second-order valence-electron chi connectivity index (χ2n) is 4.50. The third-order valence-electron chi connectivity index (χ3n) is 2.82. The second kappa shape index (κ2) is 4.67. The number of anilines is 1. The predicted molar refractivity (Wildman–Crippen MR) is 65.2 cm³/mol. The van der Waals surface area contributed by atoms with Gasteiger partial charge in [-0.25, -0.2) is 4.98 Å². The van der Waals surface area contributed by atoms with Crippen LogP contribution in [0.2, 0.25) is 0 Å². The summed E-state index contributed by atoms with van der Waals surface area (Å²) in [6, 6.07) is 3.67. The van der Waals surface area contributed by atoms with Crippen LogP contribution >= 0.6 is 0 Å². The van der Waals surface area contributed by atoms with Crippen LogP contribution in [0.3, 0.4) is 0 Å². The maximum atomic E-state index is 10.7. The van der Waals surface area contributed by atoms with Crippen molar-refractivity contribution >= 4 is 11.5 Å². The summed E-state index contributed by atoms with van der Waals surface area (Å²) in [5.74, 6) is 0.680. The zero-order valence-electron chi connectivity index (χ0n) is 9.96. The van der Waals surface area contributed by atoms with Gasteiger partial charge < -0.3 is 10.2 Å². The van der Waals surface area contributed by atoms with Crippen LogP contribution in [0.25, 0.3) is 0 Å². The van der Waals surface area contributed by atoms with E-state index in [0.29, 0.717) is 17.9 Å². The molecular weight excluding hydrogens is 220 g/mol. The molecule has 1 fully saturated rings. The fourth-order valence-electron chi connectivity index (χ4n) is 2.21. The molecule has 0 bridgehead atoms. The molecular formula is C11H16N4O2. The third-order valence-corrected chi connectivity index (χ3v) is 2.82. The van der Waals surface area contributed by atoms with Crippen LogP contribution < -0.4 is 10.2 Å². The zero-order chi connectivity index (χ0) is 12.4. The number of hydrogen-bond acceptors (Lipinski definition) is 5. The molecule has 1 aromatic rings. The molecule has 2 rings (SSSR count). The predicted octanol–water partition coefficient (Wildman–Crippen LogP) is 1.18. The molecule has 0 radical (unpaired) electrons. The van der Waals surface area contributed by atoms with Crippen molar-refractivity contribution in [3.8, 4) is 0 Å². The van der Waals surface area contributed by atoms with Crippen molar-refractivity contribution in [1.29, 1.82) is 0 Å². The quantitative estimate of drug-likeness (QED) is 0.616. The molecule has 6 nitrogen and oxygen atoms in total. The lowest BCUT2D eigenvalue weighted by atomic mass is 10.1. The van der Waals surface area contributed by atoms with Crippen molar-refractivity contribution in [2.45, 2.75) is 25.9 Å². The maximum Gasteiger partial charge on any atom is 0.274 e. The Kier molecular flexibility index (Phi) is 3.23. The number of nitrogens with one attached hydrogen (secondary N) is 1. The van der Waals surface area contributed by atoms with Crippen molar-refractivity contribution in [3.05, 3.63) is 28.4 Å². The number of pyridine rings is 1.